The Hall–Kier alpha value is -1.86. The molecule has 0 spiro atoms. The van der Waals surface area contributed by atoms with Crippen LogP contribution in [0.4, 0.5) is 13.2 Å². The summed E-state index contributed by atoms with van der Waals surface area (Å²) in [6.07, 6.45) is -2.51. The standard InChI is InChI=1S/C11H12F3N3O2/c12-11(13,14)6-15-9(18)5-17-10(19)4-3-8(16-17)7-1-2-7/h3-4,7H,1-2,5-6H2,(H,15,18). The molecule has 0 aromatic carbocycles. The lowest BCUT2D eigenvalue weighted by atomic mass is 10.3. The lowest BCUT2D eigenvalue weighted by Gasteiger charge is -2.09. The van der Waals surface area contributed by atoms with Crippen molar-refractivity contribution in [2.75, 3.05) is 6.54 Å². The highest BCUT2D eigenvalue weighted by Gasteiger charge is 2.28. The minimum Gasteiger partial charge on any atom is -0.345 e. The average Bonchev–Trinajstić information content (AvgIpc) is 3.12. The highest BCUT2D eigenvalue weighted by molar-refractivity contribution is 5.75. The van der Waals surface area contributed by atoms with Crippen molar-refractivity contribution in [3.63, 3.8) is 0 Å². The summed E-state index contributed by atoms with van der Waals surface area (Å²) < 4.78 is 36.6. The van der Waals surface area contributed by atoms with E-state index in [1.165, 1.54) is 6.07 Å². The molecule has 2 rings (SSSR count). The van der Waals surface area contributed by atoms with Gasteiger partial charge in [-0.15, -0.1) is 0 Å². The van der Waals surface area contributed by atoms with Crippen LogP contribution >= 0.6 is 0 Å². The van der Waals surface area contributed by atoms with Gasteiger partial charge in [-0.25, -0.2) is 4.68 Å². The highest BCUT2D eigenvalue weighted by Crippen LogP contribution is 2.38. The van der Waals surface area contributed by atoms with Gasteiger partial charge in [-0.05, 0) is 18.9 Å². The minimum absolute atomic E-state index is 0.296. The van der Waals surface area contributed by atoms with Crippen molar-refractivity contribution in [3.05, 3.63) is 28.2 Å². The molecular formula is C11H12F3N3O2. The number of aromatic nitrogens is 2. The van der Waals surface area contributed by atoms with Gasteiger partial charge in [-0.1, -0.05) is 0 Å². The molecule has 1 saturated carbocycles. The molecule has 1 aliphatic rings. The molecule has 1 aliphatic carbocycles. The van der Waals surface area contributed by atoms with E-state index in [4.69, 9.17) is 0 Å². The number of rotatable bonds is 4. The summed E-state index contributed by atoms with van der Waals surface area (Å²) in [5, 5.41) is 5.68. The first-order valence-electron chi connectivity index (χ1n) is 5.77. The zero-order valence-electron chi connectivity index (χ0n) is 9.91. The van der Waals surface area contributed by atoms with Crippen molar-refractivity contribution in [1.29, 1.82) is 0 Å². The highest BCUT2D eigenvalue weighted by atomic mass is 19.4. The number of amides is 1. The quantitative estimate of drug-likeness (QED) is 0.884. The molecule has 0 bridgehead atoms. The van der Waals surface area contributed by atoms with Crippen molar-refractivity contribution in [1.82, 2.24) is 15.1 Å². The lowest BCUT2D eigenvalue weighted by molar-refractivity contribution is -0.138. The third kappa shape index (κ3) is 4.08. The second kappa shape index (κ2) is 5.02. The van der Waals surface area contributed by atoms with Gasteiger partial charge in [0, 0.05) is 12.0 Å². The topological polar surface area (TPSA) is 64.0 Å². The maximum Gasteiger partial charge on any atom is 0.405 e. The van der Waals surface area contributed by atoms with Crippen LogP contribution in [0.3, 0.4) is 0 Å². The van der Waals surface area contributed by atoms with E-state index < -0.39 is 30.7 Å². The Morgan fingerprint density at radius 2 is 2.11 bits per heavy atom. The Morgan fingerprint density at radius 3 is 2.68 bits per heavy atom. The van der Waals surface area contributed by atoms with Gasteiger partial charge < -0.3 is 5.32 Å². The molecule has 1 aromatic rings. The third-order valence-electron chi connectivity index (χ3n) is 2.66. The lowest BCUT2D eigenvalue weighted by Crippen LogP contribution is -2.38. The first-order chi connectivity index (χ1) is 8.85. The van der Waals surface area contributed by atoms with Crippen molar-refractivity contribution >= 4 is 5.91 Å². The molecule has 1 heterocycles. The van der Waals surface area contributed by atoms with Crippen LogP contribution in [-0.2, 0) is 11.3 Å². The molecule has 0 aliphatic heterocycles. The van der Waals surface area contributed by atoms with Crippen LogP contribution in [0.1, 0.15) is 24.5 Å². The van der Waals surface area contributed by atoms with Gasteiger partial charge in [0.2, 0.25) is 5.91 Å². The minimum atomic E-state index is -4.47. The van der Waals surface area contributed by atoms with E-state index in [0.717, 1.165) is 17.5 Å². The Bertz CT molecular complexity index is 535. The number of nitrogens with one attached hydrogen (secondary N) is 1. The molecule has 0 radical (unpaired) electrons. The summed E-state index contributed by atoms with van der Waals surface area (Å²) in [5.74, 6) is -0.593. The second-order valence-corrected chi connectivity index (χ2v) is 4.42. The van der Waals surface area contributed by atoms with E-state index in [2.05, 4.69) is 5.10 Å². The fourth-order valence-corrected chi connectivity index (χ4v) is 1.57. The van der Waals surface area contributed by atoms with Crippen LogP contribution in [0.2, 0.25) is 0 Å². The van der Waals surface area contributed by atoms with Gasteiger partial charge in [0.15, 0.2) is 0 Å². The summed E-state index contributed by atoms with van der Waals surface area (Å²) in [5.41, 5.74) is 0.190. The van der Waals surface area contributed by atoms with Gasteiger partial charge in [-0.2, -0.15) is 18.3 Å². The van der Waals surface area contributed by atoms with Crippen LogP contribution in [0.25, 0.3) is 0 Å². The number of halogens is 3. The normalized spacial score (nSPS) is 15.3. The summed E-state index contributed by atoms with van der Waals surface area (Å²) in [6, 6.07) is 2.86. The van der Waals surface area contributed by atoms with Gasteiger partial charge in [0.05, 0.1) is 5.69 Å². The molecule has 0 atom stereocenters. The van der Waals surface area contributed by atoms with E-state index in [1.54, 1.807) is 11.4 Å². The first-order valence-corrected chi connectivity index (χ1v) is 5.77. The number of hydrogen-bond donors (Lipinski definition) is 1. The molecule has 0 unspecified atom stereocenters. The second-order valence-electron chi connectivity index (χ2n) is 4.42. The first kappa shape index (κ1) is 13.6. The summed E-state index contributed by atoms with van der Waals surface area (Å²) >= 11 is 0. The Kier molecular flexibility index (Phi) is 3.59. The molecule has 19 heavy (non-hydrogen) atoms. The van der Waals surface area contributed by atoms with Crippen molar-refractivity contribution < 1.29 is 18.0 Å². The van der Waals surface area contributed by atoms with Crippen LogP contribution < -0.4 is 10.9 Å². The fraction of sp³-hybridized carbons (Fsp3) is 0.545. The molecule has 5 nitrogen and oxygen atoms in total. The van der Waals surface area contributed by atoms with E-state index in [0.29, 0.717) is 11.6 Å². The van der Waals surface area contributed by atoms with E-state index in [-0.39, 0.29) is 0 Å². The Morgan fingerprint density at radius 1 is 1.42 bits per heavy atom. The van der Waals surface area contributed by atoms with Gasteiger partial charge in [-0.3, -0.25) is 9.59 Å². The van der Waals surface area contributed by atoms with Gasteiger partial charge in [0.25, 0.3) is 5.56 Å². The zero-order valence-corrected chi connectivity index (χ0v) is 9.91. The molecule has 8 heteroatoms. The fourth-order valence-electron chi connectivity index (χ4n) is 1.57. The number of carbonyl (C=O) groups is 1. The van der Waals surface area contributed by atoms with Crippen LogP contribution in [0.5, 0.6) is 0 Å². The van der Waals surface area contributed by atoms with E-state index in [1.807, 2.05) is 0 Å². The summed E-state index contributed by atoms with van der Waals surface area (Å²) in [7, 11) is 0. The molecule has 0 saturated heterocycles. The van der Waals surface area contributed by atoms with Crippen molar-refractivity contribution in [2.24, 2.45) is 0 Å². The largest absolute Gasteiger partial charge is 0.405 e. The molecule has 1 aromatic heterocycles. The van der Waals surface area contributed by atoms with Crippen molar-refractivity contribution in [2.45, 2.75) is 31.5 Å². The van der Waals surface area contributed by atoms with E-state index in [9.17, 15) is 22.8 Å². The predicted octanol–water partition coefficient (Wildman–Crippen LogP) is 0.799. The SMILES string of the molecule is O=C(Cn1nc(C2CC2)ccc1=O)NCC(F)(F)F. The number of hydrogen-bond acceptors (Lipinski definition) is 3. The summed E-state index contributed by atoms with van der Waals surface area (Å²) in [6.45, 7) is -1.92. The predicted molar refractivity (Wildman–Crippen MR) is 59.5 cm³/mol. The molecule has 104 valence electrons. The zero-order chi connectivity index (χ0) is 14.0. The monoisotopic (exact) mass is 275 g/mol. The average molecular weight is 275 g/mol. The Balaban J connectivity index is 2.00. The third-order valence-corrected chi connectivity index (χ3v) is 2.66. The number of alkyl halides is 3. The van der Waals surface area contributed by atoms with Crippen molar-refractivity contribution in [3.8, 4) is 0 Å². The van der Waals surface area contributed by atoms with Gasteiger partial charge in [0.1, 0.15) is 13.1 Å². The maximum absolute atomic E-state index is 11.9. The number of nitrogens with zero attached hydrogens (tertiary/aromatic N) is 2. The number of carbonyl (C=O) groups excluding carboxylic acids is 1. The van der Waals surface area contributed by atoms with E-state index >= 15 is 0 Å². The van der Waals surface area contributed by atoms with Crippen LogP contribution in [-0.4, -0.2) is 28.4 Å². The molecule has 1 amide bonds. The summed E-state index contributed by atoms with van der Waals surface area (Å²) in [4.78, 5) is 22.7. The van der Waals surface area contributed by atoms with Crippen LogP contribution in [0, 0.1) is 0 Å². The Labute approximate surface area is 106 Å². The smallest absolute Gasteiger partial charge is 0.345 e. The molecular weight excluding hydrogens is 263 g/mol. The van der Waals surface area contributed by atoms with Gasteiger partial charge >= 0.3 is 6.18 Å². The van der Waals surface area contributed by atoms with Crippen LogP contribution in [0.15, 0.2) is 16.9 Å². The molecule has 1 N–H and O–H groups in total. The maximum atomic E-state index is 11.9. The molecule has 1 fully saturated rings.